The smallest absolute Gasteiger partial charge is 0.323 e. The fourth-order valence-electron chi connectivity index (χ4n) is 2.91. The summed E-state index contributed by atoms with van der Waals surface area (Å²) in [6, 6.07) is 18.2. The van der Waals surface area contributed by atoms with Crippen molar-refractivity contribution < 1.29 is 9.59 Å². The lowest BCUT2D eigenvalue weighted by atomic mass is 10.1. The summed E-state index contributed by atoms with van der Waals surface area (Å²) in [5.41, 5.74) is 1.97. The van der Waals surface area contributed by atoms with Crippen LogP contribution in [0.4, 0.5) is 5.69 Å². The van der Waals surface area contributed by atoms with Crippen molar-refractivity contribution in [2.24, 2.45) is 0 Å². The van der Waals surface area contributed by atoms with Crippen molar-refractivity contribution in [1.29, 1.82) is 0 Å². The first-order valence-electron chi connectivity index (χ1n) is 8.37. The third kappa shape index (κ3) is 3.57. The van der Waals surface area contributed by atoms with Crippen LogP contribution in [0.1, 0.15) is 10.4 Å². The van der Waals surface area contributed by atoms with Crippen LogP contribution in [0.5, 0.6) is 0 Å². The minimum absolute atomic E-state index is 0.159. The Labute approximate surface area is 153 Å². The second-order valence-corrected chi connectivity index (χ2v) is 6.13. The Bertz CT molecular complexity index is 1220. The van der Waals surface area contributed by atoms with Gasteiger partial charge >= 0.3 is 5.69 Å². The van der Waals surface area contributed by atoms with Crippen LogP contribution < -0.4 is 16.3 Å². The molecule has 0 aliphatic rings. The first kappa shape index (κ1) is 16.6. The number of nitrogens with one attached hydrogen (secondary N) is 4. The number of rotatable bonds is 4. The van der Waals surface area contributed by atoms with E-state index in [1.807, 2.05) is 30.3 Å². The number of aromatic nitrogens is 2. The van der Waals surface area contributed by atoms with Gasteiger partial charge in [0, 0.05) is 11.3 Å². The van der Waals surface area contributed by atoms with Gasteiger partial charge in [-0.15, -0.1) is 0 Å². The molecule has 0 spiro atoms. The molecule has 0 aliphatic heterocycles. The Kier molecular flexibility index (Phi) is 4.18. The number of imidazole rings is 1. The van der Waals surface area contributed by atoms with Crippen LogP contribution in [-0.4, -0.2) is 28.3 Å². The van der Waals surface area contributed by atoms with Gasteiger partial charge in [0.2, 0.25) is 5.91 Å². The van der Waals surface area contributed by atoms with Gasteiger partial charge in [0.05, 0.1) is 17.6 Å². The molecular weight excluding hydrogens is 344 g/mol. The molecule has 0 bridgehead atoms. The molecule has 4 aromatic rings. The Morgan fingerprint density at radius 1 is 0.852 bits per heavy atom. The molecule has 0 unspecified atom stereocenters. The molecule has 0 saturated heterocycles. The first-order chi connectivity index (χ1) is 13.1. The van der Waals surface area contributed by atoms with Crippen LogP contribution in [0.3, 0.4) is 0 Å². The fourth-order valence-corrected chi connectivity index (χ4v) is 2.91. The minimum atomic E-state index is -0.360. The molecule has 1 aromatic heterocycles. The van der Waals surface area contributed by atoms with Crippen LogP contribution in [0, 0.1) is 0 Å². The summed E-state index contributed by atoms with van der Waals surface area (Å²) in [6.07, 6.45) is 0. The standard InChI is InChI=1S/C20H16N4O3/c25-18(22-15-7-8-16-17(10-15)24-20(27)23-16)11-21-19(26)14-6-5-12-3-1-2-4-13(12)9-14/h1-10H,11H2,(H,21,26)(H,22,25)(H2,23,24,27). The number of amides is 2. The van der Waals surface area contributed by atoms with Crippen molar-refractivity contribution in [2.45, 2.75) is 0 Å². The summed E-state index contributed by atoms with van der Waals surface area (Å²) in [4.78, 5) is 40.9. The average Bonchev–Trinajstić information content (AvgIpc) is 3.05. The fraction of sp³-hybridized carbons (Fsp3) is 0.0500. The van der Waals surface area contributed by atoms with Crippen LogP contribution in [0.2, 0.25) is 0 Å². The number of carbonyl (C=O) groups excluding carboxylic acids is 2. The summed E-state index contributed by atoms with van der Waals surface area (Å²) in [6.45, 7) is -0.159. The minimum Gasteiger partial charge on any atom is -0.343 e. The molecule has 3 aromatic carbocycles. The van der Waals surface area contributed by atoms with Gasteiger partial charge in [-0.05, 0) is 41.1 Å². The number of benzene rings is 3. The quantitative estimate of drug-likeness (QED) is 0.449. The van der Waals surface area contributed by atoms with Gasteiger partial charge < -0.3 is 20.6 Å². The summed E-state index contributed by atoms with van der Waals surface area (Å²) in [5.74, 6) is -0.678. The zero-order chi connectivity index (χ0) is 18.8. The lowest BCUT2D eigenvalue weighted by Crippen LogP contribution is -2.32. The van der Waals surface area contributed by atoms with E-state index >= 15 is 0 Å². The number of hydrogen-bond donors (Lipinski definition) is 4. The van der Waals surface area contributed by atoms with E-state index in [-0.39, 0.29) is 24.0 Å². The van der Waals surface area contributed by atoms with Crippen molar-refractivity contribution in [3.05, 3.63) is 76.7 Å². The van der Waals surface area contributed by atoms with E-state index in [9.17, 15) is 14.4 Å². The van der Waals surface area contributed by atoms with Crippen molar-refractivity contribution >= 4 is 39.3 Å². The van der Waals surface area contributed by atoms with E-state index < -0.39 is 0 Å². The van der Waals surface area contributed by atoms with E-state index in [0.717, 1.165) is 10.8 Å². The molecule has 0 aliphatic carbocycles. The monoisotopic (exact) mass is 360 g/mol. The second-order valence-electron chi connectivity index (χ2n) is 6.13. The summed E-state index contributed by atoms with van der Waals surface area (Å²) >= 11 is 0. The number of aromatic amines is 2. The Morgan fingerprint density at radius 2 is 1.63 bits per heavy atom. The first-order valence-corrected chi connectivity index (χ1v) is 8.37. The second kappa shape index (κ2) is 6.80. The number of anilines is 1. The van der Waals surface area contributed by atoms with Crippen molar-refractivity contribution in [1.82, 2.24) is 15.3 Å². The van der Waals surface area contributed by atoms with Gasteiger partial charge in [0.25, 0.3) is 5.91 Å². The molecule has 4 rings (SSSR count). The normalized spacial score (nSPS) is 10.8. The number of fused-ring (bicyclic) bond motifs is 2. The highest BCUT2D eigenvalue weighted by atomic mass is 16.2. The third-order valence-electron chi connectivity index (χ3n) is 4.22. The van der Waals surface area contributed by atoms with Gasteiger partial charge in [-0.1, -0.05) is 30.3 Å². The molecule has 7 heteroatoms. The third-order valence-corrected chi connectivity index (χ3v) is 4.22. The van der Waals surface area contributed by atoms with Gasteiger partial charge in [-0.3, -0.25) is 9.59 Å². The Balaban J connectivity index is 1.39. The van der Waals surface area contributed by atoms with E-state index in [4.69, 9.17) is 0 Å². The molecule has 0 atom stereocenters. The molecule has 27 heavy (non-hydrogen) atoms. The Hall–Kier alpha value is -3.87. The summed E-state index contributed by atoms with van der Waals surface area (Å²) in [7, 11) is 0. The predicted molar refractivity (Wildman–Crippen MR) is 104 cm³/mol. The summed E-state index contributed by atoms with van der Waals surface area (Å²) < 4.78 is 0. The highest BCUT2D eigenvalue weighted by molar-refractivity contribution is 6.02. The molecular formula is C20H16N4O3. The zero-order valence-electron chi connectivity index (χ0n) is 14.2. The lowest BCUT2D eigenvalue weighted by Gasteiger charge is -2.08. The number of carbonyl (C=O) groups is 2. The number of H-pyrrole nitrogens is 2. The highest BCUT2D eigenvalue weighted by Gasteiger charge is 2.09. The van der Waals surface area contributed by atoms with Crippen molar-refractivity contribution in [2.75, 3.05) is 11.9 Å². The Morgan fingerprint density at radius 3 is 2.48 bits per heavy atom. The van der Waals surface area contributed by atoms with Gasteiger partial charge in [-0.2, -0.15) is 0 Å². The highest BCUT2D eigenvalue weighted by Crippen LogP contribution is 2.16. The lowest BCUT2D eigenvalue weighted by molar-refractivity contribution is -0.115. The van der Waals surface area contributed by atoms with E-state index in [1.54, 1.807) is 30.3 Å². The predicted octanol–water partition coefficient (Wildman–Crippen LogP) is 2.38. The zero-order valence-corrected chi connectivity index (χ0v) is 14.2. The van der Waals surface area contributed by atoms with Crippen LogP contribution in [0.25, 0.3) is 21.8 Å². The molecule has 0 fully saturated rings. The van der Waals surface area contributed by atoms with Gasteiger partial charge in [0.1, 0.15) is 0 Å². The number of hydrogen-bond acceptors (Lipinski definition) is 3. The topological polar surface area (TPSA) is 107 Å². The van der Waals surface area contributed by atoms with Crippen LogP contribution in [-0.2, 0) is 4.79 Å². The van der Waals surface area contributed by atoms with Crippen molar-refractivity contribution in [3.8, 4) is 0 Å². The molecule has 0 radical (unpaired) electrons. The van der Waals surface area contributed by atoms with E-state index in [0.29, 0.717) is 22.3 Å². The molecule has 2 amide bonds. The molecule has 134 valence electrons. The summed E-state index contributed by atoms with van der Waals surface area (Å²) in [5, 5.41) is 7.31. The molecule has 0 saturated carbocycles. The maximum Gasteiger partial charge on any atom is 0.323 e. The van der Waals surface area contributed by atoms with Crippen molar-refractivity contribution in [3.63, 3.8) is 0 Å². The van der Waals surface area contributed by atoms with E-state index in [1.165, 1.54) is 0 Å². The van der Waals surface area contributed by atoms with Crippen LogP contribution >= 0.6 is 0 Å². The maximum absolute atomic E-state index is 12.3. The molecule has 7 nitrogen and oxygen atoms in total. The molecule has 1 heterocycles. The SMILES string of the molecule is O=C(CNC(=O)c1ccc2ccccc2c1)Nc1ccc2[nH]c(=O)[nH]c2c1. The molecule has 4 N–H and O–H groups in total. The van der Waals surface area contributed by atoms with Gasteiger partial charge in [-0.25, -0.2) is 4.79 Å². The van der Waals surface area contributed by atoms with E-state index in [2.05, 4.69) is 20.6 Å². The largest absolute Gasteiger partial charge is 0.343 e. The van der Waals surface area contributed by atoms with Crippen LogP contribution in [0.15, 0.2) is 65.5 Å². The average molecular weight is 360 g/mol. The maximum atomic E-state index is 12.3. The van der Waals surface area contributed by atoms with Gasteiger partial charge in [0.15, 0.2) is 0 Å².